The Bertz CT molecular complexity index is 1190. The first-order valence-corrected chi connectivity index (χ1v) is 13.8. The molecule has 2 aromatic carbocycles. The van der Waals surface area contributed by atoms with E-state index in [-0.39, 0.29) is 37.8 Å². The lowest BCUT2D eigenvalue weighted by molar-refractivity contribution is -0.340. The summed E-state index contributed by atoms with van der Waals surface area (Å²) >= 11 is 0. The highest BCUT2D eigenvalue weighted by atomic mass is 16.7. The molecule has 2 fully saturated rings. The van der Waals surface area contributed by atoms with Gasteiger partial charge in [0.25, 0.3) is 6.47 Å². The number of hydrogen-bond acceptors (Lipinski definition) is 11. The fourth-order valence-corrected chi connectivity index (χ4v) is 5.72. The standard InChI is InChI=1S/C21H26O9.C9H12O2/c1-11-25-8-19-18(28-11)6-15(23)21(29-19)30-20-13(7-24-9-22)3-2-12-4-16-17(5-14(12)20)27-10-26-16;1-7-5-4-6-8(10-2)9(7)11-3/h4-5,9,11,13,15,18-21,23H,2-3,6-8,10H2,1H3;4-6H,1-3H3. The number of hydrogen-bond donors (Lipinski definition) is 1. The molecule has 7 unspecified atom stereocenters. The summed E-state index contributed by atoms with van der Waals surface area (Å²) in [6.45, 7) is 5.05. The van der Waals surface area contributed by atoms with Crippen LogP contribution in [0.2, 0.25) is 0 Å². The maximum atomic E-state index is 10.8. The first-order valence-electron chi connectivity index (χ1n) is 13.8. The summed E-state index contributed by atoms with van der Waals surface area (Å²) in [7, 11) is 3.28. The molecule has 6 rings (SSSR count). The Balaban J connectivity index is 0.000000259. The molecule has 1 N–H and O–H groups in total. The van der Waals surface area contributed by atoms with E-state index in [1.165, 1.54) is 0 Å². The van der Waals surface area contributed by atoms with Crippen molar-refractivity contribution in [2.45, 2.75) is 70.1 Å². The summed E-state index contributed by atoms with van der Waals surface area (Å²) in [6, 6.07) is 9.70. The molecule has 1 aliphatic carbocycles. The molecule has 224 valence electrons. The number of para-hydroxylation sites is 1. The summed E-state index contributed by atoms with van der Waals surface area (Å²) in [6.07, 6.45) is -0.998. The van der Waals surface area contributed by atoms with E-state index in [4.69, 9.17) is 42.6 Å². The number of methoxy groups -OCH3 is 2. The smallest absolute Gasteiger partial charge is 0.293 e. The van der Waals surface area contributed by atoms with Gasteiger partial charge in [-0.05, 0) is 61.6 Å². The van der Waals surface area contributed by atoms with Crippen LogP contribution in [0.15, 0.2) is 30.3 Å². The van der Waals surface area contributed by atoms with Crippen LogP contribution in [0.25, 0.3) is 0 Å². The SMILES string of the molecule is CC1OCC2OC(OC3c4cc5c(cc4CCC3COC=O)OCO5)C(O)CC2O1.COc1cccc(C)c1OC. The van der Waals surface area contributed by atoms with Crippen molar-refractivity contribution < 1.29 is 52.5 Å². The fraction of sp³-hybridized carbons (Fsp3) is 0.567. The third-order valence-corrected chi connectivity index (χ3v) is 7.79. The molecule has 0 saturated carbocycles. The number of ether oxygens (including phenoxy) is 9. The molecule has 2 aromatic rings. The van der Waals surface area contributed by atoms with Crippen molar-refractivity contribution in [1.29, 1.82) is 0 Å². The predicted octanol–water partition coefficient (Wildman–Crippen LogP) is 3.46. The predicted molar refractivity (Wildman–Crippen MR) is 144 cm³/mol. The van der Waals surface area contributed by atoms with Gasteiger partial charge in [-0.1, -0.05) is 12.1 Å². The molecule has 3 heterocycles. The molecule has 0 spiro atoms. The number of carbonyl (C=O) groups is 1. The van der Waals surface area contributed by atoms with Crippen LogP contribution >= 0.6 is 0 Å². The van der Waals surface area contributed by atoms with Gasteiger partial charge in [0.05, 0.1) is 39.6 Å². The Kier molecular flexibility index (Phi) is 9.51. The summed E-state index contributed by atoms with van der Waals surface area (Å²) in [4.78, 5) is 10.8. The lowest BCUT2D eigenvalue weighted by atomic mass is 9.81. The normalized spacial score (nSPS) is 29.7. The molecule has 3 aliphatic heterocycles. The highest BCUT2D eigenvalue weighted by molar-refractivity contribution is 5.50. The molecule has 7 atom stereocenters. The number of carbonyl (C=O) groups excluding carboxylic acids is 1. The Labute approximate surface area is 239 Å². The molecular formula is C30H38O11. The summed E-state index contributed by atoms with van der Waals surface area (Å²) in [5.41, 5.74) is 3.12. The zero-order valence-electron chi connectivity index (χ0n) is 23.8. The first kappa shape index (κ1) is 29.4. The van der Waals surface area contributed by atoms with E-state index in [0.717, 1.165) is 46.8 Å². The van der Waals surface area contributed by atoms with Crippen LogP contribution in [0, 0.1) is 12.8 Å². The van der Waals surface area contributed by atoms with E-state index >= 15 is 0 Å². The van der Waals surface area contributed by atoms with E-state index in [0.29, 0.717) is 25.2 Å². The van der Waals surface area contributed by atoms with Crippen LogP contribution in [-0.4, -0.2) is 76.7 Å². The minimum Gasteiger partial charge on any atom is -0.493 e. The Morgan fingerprint density at radius 3 is 2.61 bits per heavy atom. The lowest BCUT2D eigenvalue weighted by Crippen LogP contribution is -2.55. The molecule has 11 nitrogen and oxygen atoms in total. The van der Waals surface area contributed by atoms with Gasteiger partial charge in [0, 0.05) is 12.3 Å². The number of fused-ring (bicyclic) bond motifs is 3. The Morgan fingerprint density at radius 2 is 1.88 bits per heavy atom. The first-order chi connectivity index (χ1) is 19.9. The van der Waals surface area contributed by atoms with Crippen molar-refractivity contribution in [3.05, 3.63) is 47.0 Å². The molecular weight excluding hydrogens is 536 g/mol. The second-order valence-electron chi connectivity index (χ2n) is 10.4. The zero-order valence-corrected chi connectivity index (χ0v) is 23.8. The van der Waals surface area contributed by atoms with Crippen LogP contribution in [0.5, 0.6) is 23.0 Å². The summed E-state index contributed by atoms with van der Waals surface area (Å²) in [5, 5.41) is 10.7. The molecule has 11 heteroatoms. The second-order valence-corrected chi connectivity index (χ2v) is 10.4. The highest BCUT2D eigenvalue weighted by Gasteiger charge is 2.44. The van der Waals surface area contributed by atoms with E-state index < -0.39 is 18.5 Å². The third-order valence-electron chi connectivity index (χ3n) is 7.79. The van der Waals surface area contributed by atoms with Crippen molar-refractivity contribution in [2.24, 2.45) is 5.92 Å². The van der Waals surface area contributed by atoms with Crippen molar-refractivity contribution in [2.75, 3.05) is 34.2 Å². The van der Waals surface area contributed by atoms with Crippen molar-refractivity contribution in [3.8, 4) is 23.0 Å². The largest absolute Gasteiger partial charge is 0.493 e. The molecule has 0 amide bonds. The van der Waals surface area contributed by atoms with Gasteiger partial charge < -0.3 is 47.7 Å². The van der Waals surface area contributed by atoms with Gasteiger partial charge in [-0.25, -0.2) is 0 Å². The van der Waals surface area contributed by atoms with E-state index in [9.17, 15) is 9.90 Å². The van der Waals surface area contributed by atoms with E-state index in [2.05, 4.69) is 0 Å². The molecule has 4 aliphatic rings. The maximum absolute atomic E-state index is 10.8. The summed E-state index contributed by atoms with van der Waals surface area (Å²) < 4.78 is 50.0. The molecule has 0 aromatic heterocycles. The van der Waals surface area contributed by atoms with Crippen LogP contribution in [0.1, 0.15) is 42.6 Å². The van der Waals surface area contributed by atoms with Crippen molar-refractivity contribution in [3.63, 3.8) is 0 Å². The average Bonchev–Trinajstić information content (AvgIpc) is 3.43. The van der Waals surface area contributed by atoms with Gasteiger partial charge in [-0.2, -0.15) is 0 Å². The van der Waals surface area contributed by atoms with Crippen LogP contribution in [-0.2, 0) is 34.9 Å². The highest BCUT2D eigenvalue weighted by Crippen LogP contribution is 2.45. The topological polar surface area (TPSA) is 120 Å². The Hall–Kier alpha value is -3.09. The molecule has 2 saturated heterocycles. The molecule has 0 radical (unpaired) electrons. The van der Waals surface area contributed by atoms with Crippen molar-refractivity contribution in [1.82, 2.24) is 0 Å². The second kappa shape index (κ2) is 13.3. The van der Waals surface area contributed by atoms with Gasteiger partial charge in [0.2, 0.25) is 6.79 Å². The molecule has 0 bridgehead atoms. The Morgan fingerprint density at radius 1 is 1.07 bits per heavy atom. The number of aliphatic hydroxyl groups excluding tert-OH is 1. The quantitative estimate of drug-likeness (QED) is 0.490. The zero-order chi connectivity index (χ0) is 28.9. The van der Waals surface area contributed by atoms with Crippen LogP contribution < -0.4 is 18.9 Å². The summed E-state index contributed by atoms with van der Waals surface area (Å²) in [5.74, 6) is 2.91. The maximum Gasteiger partial charge on any atom is 0.293 e. The minimum atomic E-state index is -0.844. The number of aliphatic hydroxyl groups is 1. The van der Waals surface area contributed by atoms with E-state index in [1.54, 1.807) is 14.2 Å². The lowest BCUT2D eigenvalue weighted by Gasteiger charge is -2.45. The molecule has 41 heavy (non-hydrogen) atoms. The van der Waals surface area contributed by atoms with Gasteiger partial charge in [-0.3, -0.25) is 4.79 Å². The van der Waals surface area contributed by atoms with Gasteiger partial charge in [0.15, 0.2) is 35.6 Å². The van der Waals surface area contributed by atoms with Crippen LogP contribution in [0.3, 0.4) is 0 Å². The van der Waals surface area contributed by atoms with Crippen LogP contribution in [0.4, 0.5) is 0 Å². The number of aryl methyl sites for hydroxylation is 2. The fourth-order valence-electron chi connectivity index (χ4n) is 5.72. The minimum absolute atomic E-state index is 0.0736. The number of benzene rings is 2. The number of rotatable bonds is 7. The van der Waals surface area contributed by atoms with Gasteiger partial charge >= 0.3 is 0 Å². The van der Waals surface area contributed by atoms with Crippen molar-refractivity contribution >= 4 is 6.47 Å². The average molecular weight is 575 g/mol. The van der Waals surface area contributed by atoms with Gasteiger partial charge in [0.1, 0.15) is 12.2 Å². The monoisotopic (exact) mass is 574 g/mol. The van der Waals surface area contributed by atoms with Gasteiger partial charge in [-0.15, -0.1) is 0 Å². The van der Waals surface area contributed by atoms with E-state index in [1.807, 2.05) is 44.2 Å². The third kappa shape index (κ3) is 6.54.